The monoisotopic (exact) mass is 355 g/mol. The molecule has 0 radical (unpaired) electrons. The van der Waals surface area contributed by atoms with E-state index in [1.807, 2.05) is 4.72 Å². The zero-order valence-electron chi connectivity index (χ0n) is 12.3. The van der Waals surface area contributed by atoms with Crippen LogP contribution in [0.1, 0.15) is 20.3 Å². The van der Waals surface area contributed by atoms with E-state index in [-0.39, 0.29) is 12.3 Å². The normalized spacial score (nSPS) is 13.8. The number of carboxylic acid groups (broad SMARTS) is 1. The third-order valence-electron chi connectivity index (χ3n) is 2.67. The number of nitrogens with one attached hydrogen (secondary N) is 1. The Morgan fingerprint density at radius 1 is 1.30 bits per heavy atom. The van der Waals surface area contributed by atoms with Gasteiger partial charge in [-0.05, 0) is 24.5 Å². The Bertz CT molecular complexity index is 658. The molecule has 6 nitrogen and oxygen atoms in total. The van der Waals surface area contributed by atoms with Gasteiger partial charge in [0.25, 0.3) is 0 Å². The zero-order valence-corrected chi connectivity index (χ0v) is 13.1. The zero-order chi connectivity index (χ0) is 17.8. The Kier molecular flexibility index (Phi) is 6.00. The number of benzene rings is 1. The maximum Gasteiger partial charge on any atom is 0.573 e. The summed E-state index contributed by atoms with van der Waals surface area (Å²) in [5.74, 6) is -2.49. The standard InChI is InChI=1S/C13H16F3NO5S/c1-8(2)7-9(12(18)19)17-23(20,21)11-6-4-3-5-10(11)22-13(14,15)16/h3-6,8-9,17H,7H2,1-2H3,(H,18,19)/t9-/m1/s1. The molecule has 1 rings (SSSR count). The molecule has 10 heteroatoms. The van der Waals surface area contributed by atoms with Gasteiger partial charge < -0.3 is 9.84 Å². The lowest BCUT2D eigenvalue weighted by molar-refractivity contribution is -0.275. The van der Waals surface area contributed by atoms with Crippen molar-refractivity contribution in [2.45, 2.75) is 37.6 Å². The van der Waals surface area contributed by atoms with E-state index in [9.17, 15) is 26.4 Å². The van der Waals surface area contributed by atoms with Gasteiger partial charge in [-0.3, -0.25) is 4.79 Å². The molecule has 23 heavy (non-hydrogen) atoms. The Balaban J connectivity index is 3.15. The van der Waals surface area contributed by atoms with Gasteiger partial charge in [0.15, 0.2) is 0 Å². The van der Waals surface area contributed by atoms with Gasteiger partial charge in [-0.25, -0.2) is 8.42 Å². The predicted molar refractivity (Wildman–Crippen MR) is 74.3 cm³/mol. The van der Waals surface area contributed by atoms with Crippen molar-refractivity contribution in [3.63, 3.8) is 0 Å². The van der Waals surface area contributed by atoms with Gasteiger partial charge in [-0.15, -0.1) is 13.2 Å². The van der Waals surface area contributed by atoms with Crippen LogP contribution in [0.15, 0.2) is 29.2 Å². The molecule has 0 amide bonds. The number of sulfonamides is 1. The van der Waals surface area contributed by atoms with E-state index in [4.69, 9.17) is 5.11 Å². The van der Waals surface area contributed by atoms with Gasteiger partial charge in [-0.1, -0.05) is 26.0 Å². The molecule has 0 saturated heterocycles. The van der Waals surface area contributed by atoms with Gasteiger partial charge in [0.1, 0.15) is 16.7 Å². The number of carbonyl (C=O) groups is 1. The van der Waals surface area contributed by atoms with Crippen LogP contribution in [0.2, 0.25) is 0 Å². The lowest BCUT2D eigenvalue weighted by Gasteiger charge is -2.18. The molecule has 1 atom stereocenters. The molecule has 0 aliphatic heterocycles. The van der Waals surface area contributed by atoms with Crippen molar-refractivity contribution in [2.75, 3.05) is 0 Å². The largest absolute Gasteiger partial charge is 0.573 e. The van der Waals surface area contributed by atoms with Crippen molar-refractivity contribution in [2.24, 2.45) is 5.92 Å². The van der Waals surface area contributed by atoms with E-state index in [0.29, 0.717) is 0 Å². The summed E-state index contributed by atoms with van der Waals surface area (Å²) >= 11 is 0. The minimum absolute atomic E-state index is 0.0170. The van der Waals surface area contributed by atoms with E-state index < -0.39 is 39.0 Å². The molecular formula is C13H16F3NO5S. The predicted octanol–water partition coefficient (Wildman–Crippen LogP) is 2.36. The number of alkyl halides is 3. The number of hydrogen-bond acceptors (Lipinski definition) is 4. The van der Waals surface area contributed by atoms with Crippen molar-refractivity contribution in [1.29, 1.82) is 0 Å². The number of hydrogen-bond donors (Lipinski definition) is 2. The van der Waals surface area contributed by atoms with Gasteiger partial charge in [0.05, 0.1) is 0 Å². The highest BCUT2D eigenvalue weighted by atomic mass is 32.2. The average molecular weight is 355 g/mol. The topological polar surface area (TPSA) is 92.7 Å². The number of aliphatic carboxylic acids is 1. The summed E-state index contributed by atoms with van der Waals surface area (Å²) in [4.78, 5) is 10.3. The molecule has 0 unspecified atom stereocenters. The van der Waals surface area contributed by atoms with Gasteiger partial charge in [0, 0.05) is 0 Å². The minimum atomic E-state index is -5.07. The molecule has 1 aromatic carbocycles. The van der Waals surface area contributed by atoms with Gasteiger partial charge >= 0.3 is 12.3 Å². The Morgan fingerprint density at radius 2 is 1.87 bits per heavy atom. The Hall–Kier alpha value is -1.81. The number of carboxylic acids is 1. The van der Waals surface area contributed by atoms with Crippen LogP contribution in [0.4, 0.5) is 13.2 Å². The van der Waals surface area contributed by atoms with Crippen LogP contribution in [-0.4, -0.2) is 31.9 Å². The van der Waals surface area contributed by atoms with E-state index in [2.05, 4.69) is 4.74 Å². The summed E-state index contributed by atoms with van der Waals surface area (Å²) in [6, 6.07) is 2.65. The fourth-order valence-corrected chi connectivity index (χ4v) is 3.13. The molecule has 0 aliphatic rings. The van der Waals surface area contributed by atoms with E-state index in [1.165, 1.54) is 12.1 Å². The SMILES string of the molecule is CC(C)C[C@@H](NS(=O)(=O)c1ccccc1OC(F)(F)F)C(=O)O. The van der Waals surface area contributed by atoms with E-state index >= 15 is 0 Å². The van der Waals surface area contributed by atoms with Crippen LogP contribution < -0.4 is 9.46 Å². The molecule has 1 aromatic rings. The molecule has 0 heterocycles. The highest BCUT2D eigenvalue weighted by molar-refractivity contribution is 7.89. The molecule has 0 saturated carbocycles. The second kappa shape index (κ2) is 7.18. The molecular weight excluding hydrogens is 339 g/mol. The fourth-order valence-electron chi connectivity index (χ4n) is 1.80. The minimum Gasteiger partial charge on any atom is -0.480 e. The Morgan fingerprint density at radius 3 is 2.35 bits per heavy atom. The fraction of sp³-hybridized carbons (Fsp3) is 0.462. The molecule has 130 valence electrons. The van der Waals surface area contributed by atoms with Crippen LogP contribution in [0.25, 0.3) is 0 Å². The number of halogens is 3. The molecule has 0 aliphatic carbocycles. The van der Waals surface area contributed by atoms with Crippen molar-refractivity contribution in [3.05, 3.63) is 24.3 Å². The van der Waals surface area contributed by atoms with Gasteiger partial charge in [0.2, 0.25) is 10.0 Å². The highest BCUT2D eigenvalue weighted by Crippen LogP contribution is 2.29. The summed E-state index contributed by atoms with van der Waals surface area (Å²) < 4.78 is 67.0. The van der Waals surface area contributed by atoms with Crippen molar-refractivity contribution in [3.8, 4) is 5.75 Å². The van der Waals surface area contributed by atoms with Crippen molar-refractivity contribution >= 4 is 16.0 Å². The number of para-hydroxylation sites is 1. The maximum atomic E-state index is 12.3. The van der Waals surface area contributed by atoms with Crippen LogP contribution >= 0.6 is 0 Å². The van der Waals surface area contributed by atoms with E-state index in [0.717, 1.165) is 12.1 Å². The van der Waals surface area contributed by atoms with Gasteiger partial charge in [-0.2, -0.15) is 4.72 Å². The first kappa shape index (κ1) is 19.2. The Labute approximate surface area is 131 Å². The lowest BCUT2D eigenvalue weighted by Crippen LogP contribution is -2.41. The second-order valence-electron chi connectivity index (χ2n) is 5.14. The van der Waals surface area contributed by atoms with Crippen LogP contribution in [0.5, 0.6) is 5.75 Å². The first-order valence-electron chi connectivity index (χ1n) is 6.52. The summed E-state index contributed by atoms with van der Waals surface area (Å²) in [6.07, 6.45) is -5.09. The molecule has 0 spiro atoms. The van der Waals surface area contributed by atoms with E-state index in [1.54, 1.807) is 13.8 Å². The van der Waals surface area contributed by atoms with Crippen LogP contribution in [-0.2, 0) is 14.8 Å². The van der Waals surface area contributed by atoms with Crippen molar-refractivity contribution in [1.82, 2.24) is 4.72 Å². The smallest absolute Gasteiger partial charge is 0.480 e. The first-order valence-corrected chi connectivity index (χ1v) is 8.00. The summed E-state index contributed by atoms with van der Waals surface area (Å²) in [5.41, 5.74) is 0. The third kappa shape index (κ3) is 6.06. The maximum absolute atomic E-state index is 12.3. The summed E-state index contributed by atoms with van der Waals surface area (Å²) in [6.45, 7) is 3.37. The first-order chi connectivity index (χ1) is 10.4. The molecule has 0 fully saturated rings. The molecule has 0 aromatic heterocycles. The molecule has 0 bridgehead atoms. The number of ether oxygens (including phenoxy) is 1. The highest BCUT2D eigenvalue weighted by Gasteiger charge is 2.35. The average Bonchev–Trinajstić information content (AvgIpc) is 2.35. The lowest BCUT2D eigenvalue weighted by atomic mass is 10.1. The van der Waals surface area contributed by atoms with Crippen LogP contribution in [0.3, 0.4) is 0 Å². The summed E-state index contributed by atoms with van der Waals surface area (Å²) in [7, 11) is -4.51. The third-order valence-corrected chi connectivity index (χ3v) is 4.18. The second-order valence-corrected chi connectivity index (χ2v) is 6.82. The quantitative estimate of drug-likeness (QED) is 0.783. The number of rotatable bonds is 7. The van der Waals surface area contributed by atoms with Crippen molar-refractivity contribution < 1.29 is 36.2 Å². The molecule has 2 N–H and O–H groups in total. The van der Waals surface area contributed by atoms with Crippen LogP contribution in [0, 0.1) is 5.92 Å². The summed E-state index contributed by atoms with van der Waals surface area (Å²) in [5, 5.41) is 9.05.